The smallest absolute Gasteiger partial charge is 0.315 e. The van der Waals surface area contributed by atoms with Crippen molar-refractivity contribution in [3.8, 4) is 17.2 Å². The van der Waals surface area contributed by atoms with Crippen LogP contribution in [0.25, 0.3) is 23.1 Å². The molecule has 0 fully saturated rings. The Kier molecular flexibility index (Phi) is 4.21. The molecular weight excluding hydrogens is 324 g/mol. The van der Waals surface area contributed by atoms with Crippen LogP contribution in [0.2, 0.25) is 0 Å². The number of para-hydroxylation sites is 1. The number of rotatable bonds is 4. The summed E-state index contributed by atoms with van der Waals surface area (Å²) in [5.74, 6) is -0.425. The third kappa shape index (κ3) is 3.20. The summed E-state index contributed by atoms with van der Waals surface area (Å²) in [5, 5.41) is 31.5. The number of aromatic hydroxyl groups is 2. The van der Waals surface area contributed by atoms with E-state index in [-0.39, 0.29) is 11.5 Å². The normalized spacial score (nSPS) is 11.1. The average Bonchev–Trinajstić information content (AvgIpc) is 2.61. The maximum atomic E-state index is 11.0. The number of phenolic OH excluding ortho intramolecular Hbond substituents is 2. The van der Waals surface area contributed by atoms with Crippen LogP contribution in [0, 0.1) is 10.1 Å². The molecule has 0 aliphatic carbocycles. The standard InChI is InChI=1S/C18H14N2O5/c1-25-16-10-11(9-14(18(16)22)20(23)24)5-7-13-8-6-12-3-2-4-15(21)17(12)19-13/h2-10,21-22H,1H3/b7-5+. The SMILES string of the molecule is COc1cc(/C=C/c2ccc3cccc(O)c3n2)cc([N+](=O)[O-])c1O. The van der Waals surface area contributed by atoms with Gasteiger partial charge < -0.3 is 14.9 Å². The van der Waals surface area contributed by atoms with Gasteiger partial charge in [0.2, 0.25) is 5.75 Å². The minimum Gasteiger partial charge on any atom is -0.506 e. The Morgan fingerprint density at radius 1 is 1.16 bits per heavy atom. The number of nitro groups is 1. The van der Waals surface area contributed by atoms with Gasteiger partial charge in [0.25, 0.3) is 0 Å². The van der Waals surface area contributed by atoms with E-state index in [0.717, 1.165) is 5.39 Å². The molecule has 0 saturated heterocycles. The summed E-state index contributed by atoms with van der Waals surface area (Å²) in [5.41, 5.74) is 1.08. The zero-order valence-electron chi connectivity index (χ0n) is 13.2. The summed E-state index contributed by atoms with van der Waals surface area (Å²) in [6.07, 6.45) is 3.27. The van der Waals surface area contributed by atoms with Crippen molar-refractivity contribution >= 4 is 28.7 Å². The quantitative estimate of drug-likeness (QED) is 0.554. The van der Waals surface area contributed by atoms with E-state index in [0.29, 0.717) is 16.8 Å². The molecule has 0 amide bonds. The number of hydrogen-bond donors (Lipinski definition) is 2. The van der Waals surface area contributed by atoms with Gasteiger partial charge in [-0.2, -0.15) is 0 Å². The maximum Gasteiger partial charge on any atom is 0.315 e. The van der Waals surface area contributed by atoms with Gasteiger partial charge >= 0.3 is 5.69 Å². The topological polar surface area (TPSA) is 106 Å². The molecule has 0 spiro atoms. The molecule has 7 nitrogen and oxygen atoms in total. The van der Waals surface area contributed by atoms with Crippen LogP contribution in [0.15, 0.2) is 42.5 Å². The zero-order chi connectivity index (χ0) is 18.0. The first-order valence-electron chi connectivity index (χ1n) is 7.32. The van der Waals surface area contributed by atoms with Gasteiger partial charge in [-0.05, 0) is 29.8 Å². The molecule has 3 aromatic rings. The minimum absolute atomic E-state index is 0.0120. The molecule has 0 radical (unpaired) electrons. The fourth-order valence-electron chi connectivity index (χ4n) is 2.43. The van der Waals surface area contributed by atoms with E-state index >= 15 is 0 Å². The highest BCUT2D eigenvalue weighted by Crippen LogP contribution is 2.37. The summed E-state index contributed by atoms with van der Waals surface area (Å²) < 4.78 is 4.96. The Labute approximate surface area is 142 Å². The van der Waals surface area contributed by atoms with E-state index in [1.54, 1.807) is 30.4 Å². The predicted octanol–water partition coefficient (Wildman–Crippen LogP) is 3.73. The van der Waals surface area contributed by atoms with Crippen molar-refractivity contribution in [2.24, 2.45) is 0 Å². The van der Waals surface area contributed by atoms with Crippen molar-refractivity contribution in [2.75, 3.05) is 7.11 Å². The molecule has 126 valence electrons. The molecule has 0 aliphatic rings. The monoisotopic (exact) mass is 338 g/mol. The lowest BCUT2D eigenvalue weighted by molar-refractivity contribution is -0.386. The van der Waals surface area contributed by atoms with Gasteiger partial charge in [-0.1, -0.05) is 24.3 Å². The lowest BCUT2D eigenvalue weighted by Crippen LogP contribution is -1.93. The molecule has 3 rings (SSSR count). The van der Waals surface area contributed by atoms with E-state index < -0.39 is 16.4 Å². The van der Waals surface area contributed by atoms with E-state index in [4.69, 9.17) is 4.74 Å². The Hall–Kier alpha value is -3.61. The molecule has 0 aliphatic heterocycles. The molecule has 1 aromatic heterocycles. The maximum absolute atomic E-state index is 11.0. The minimum atomic E-state index is -0.679. The van der Waals surface area contributed by atoms with Crippen LogP contribution in [-0.2, 0) is 0 Å². The van der Waals surface area contributed by atoms with Crippen molar-refractivity contribution in [3.05, 3.63) is 63.8 Å². The third-order valence-electron chi connectivity index (χ3n) is 3.66. The Balaban J connectivity index is 2.00. The largest absolute Gasteiger partial charge is 0.506 e. The summed E-state index contributed by atoms with van der Waals surface area (Å²) >= 11 is 0. The molecule has 1 heterocycles. The number of hydrogen-bond acceptors (Lipinski definition) is 6. The number of aromatic nitrogens is 1. The van der Waals surface area contributed by atoms with Gasteiger partial charge in [0.05, 0.1) is 17.7 Å². The van der Waals surface area contributed by atoms with Gasteiger partial charge in [0, 0.05) is 11.5 Å². The lowest BCUT2D eigenvalue weighted by Gasteiger charge is -2.05. The summed E-state index contributed by atoms with van der Waals surface area (Å²) in [6, 6.07) is 11.4. The molecule has 25 heavy (non-hydrogen) atoms. The first-order chi connectivity index (χ1) is 12.0. The van der Waals surface area contributed by atoms with Crippen molar-refractivity contribution in [2.45, 2.75) is 0 Å². The molecule has 0 bridgehead atoms. The van der Waals surface area contributed by atoms with E-state index in [9.17, 15) is 20.3 Å². The van der Waals surface area contributed by atoms with Crippen LogP contribution in [-0.4, -0.2) is 27.2 Å². The molecule has 0 unspecified atom stereocenters. The highest BCUT2D eigenvalue weighted by Gasteiger charge is 2.19. The van der Waals surface area contributed by atoms with Crippen molar-refractivity contribution in [1.29, 1.82) is 0 Å². The number of fused-ring (bicyclic) bond motifs is 1. The fraction of sp³-hybridized carbons (Fsp3) is 0.0556. The number of nitro benzene ring substituents is 1. The van der Waals surface area contributed by atoms with Crippen molar-refractivity contribution < 1.29 is 19.9 Å². The summed E-state index contributed by atoms with van der Waals surface area (Å²) in [7, 11) is 1.32. The van der Waals surface area contributed by atoms with Crippen LogP contribution in [0.4, 0.5) is 5.69 Å². The Bertz CT molecular complexity index is 998. The molecule has 0 atom stereocenters. The summed E-state index contributed by atoms with van der Waals surface area (Å²) in [4.78, 5) is 14.7. The number of methoxy groups -OCH3 is 1. The van der Waals surface area contributed by atoms with Crippen LogP contribution in [0.3, 0.4) is 0 Å². The second kappa shape index (κ2) is 6.48. The van der Waals surface area contributed by atoms with Gasteiger partial charge in [-0.15, -0.1) is 0 Å². The second-order valence-electron chi connectivity index (χ2n) is 5.27. The van der Waals surface area contributed by atoms with Crippen LogP contribution in [0.5, 0.6) is 17.2 Å². The molecule has 2 N–H and O–H groups in total. The van der Waals surface area contributed by atoms with Crippen LogP contribution in [0.1, 0.15) is 11.3 Å². The molecule has 0 saturated carbocycles. The summed E-state index contributed by atoms with van der Waals surface area (Å²) in [6.45, 7) is 0. The lowest BCUT2D eigenvalue weighted by atomic mass is 10.1. The van der Waals surface area contributed by atoms with Crippen molar-refractivity contribution in [1.82, 2.24) is 4.98 Å². The second-order valence-corrected chi connectivity index (χ2v) is 5.27. The highest BCUT2D eigenvalue weighted by atomic mass is 16.6. The number of pyridine rings is 1. The number of nitrogens with zero attached hydrogens (tertiary/aromatic N) is 2. The Morgan fingerprint density at radius 2 is 1.96 bits per heavy atom. The van der Waals surface area contributed by atoms with E-state index in [2.05, 4.69) is 4.98 Å². The van der Waals surface area contributed by atoms with Gasteiger partial charge in [-0.3, -0.25) is 10.1 Å². The van der Waals surface area contributed by atoms with Crippen LogP contribution < -0.4 is 4.74 Å². The first-order valence-corrected chi connectivity index (χ1v) is 7.32. The van der Waals surface area contributed by atoms with Gasteiger partial charge in [0.15, 0.2) is 5.75 Å². The number of ether oxygens (including phenoxy) is 1. The van der Waals surface area contributed by atoms with Crippen molar-refractivity contribution in [3.63, 3.8) is 0 Å². The van der Waals surface area contributed by atoms with Gasteiger partial charge in [-0.25, -0.2) is 4.98 Å². The molecule has 2 aromatic carbocycles. The first kappa shape index (κ1) is 16.3. The third-order valence-corrected chi connectivity index (χ3v) is 3.66. The van der Waals surface area contributed by atoms with E-state index in [1.807, 2.05) is 12.1 Å². The Morgan fingerprint density at radius 3 is 2.68 bits per heavy atom. The highest BCUT2D eigenvalue weighted by molar-refractivity contribution is 5.85. The molecular formula is C18H14N2O5. The molecule has 7 heteroatoms. The predicted molar refractivity (Wildman–Crippen MR) is 93.6 cm³/mol. The van der Waals surface area contributed by atoms with Gasteiger partial charge in [0.1, 0.15) is 11.3 Å². The number of phenols is 2. The fourth-order valence-corrected chi connectivity index (χ4v) is 2.43. The zero-order valence-corrected chi connectivity index (χ0v) is 13.2. The van der Waals surface area contributed by atoms with Crippen LogP contribution >= 0.6 is 0 Å². The van der Waals surface area contributed by atoms with E-state index in [1.165, 1.54) is 19.2 Å². The average molecular weight is 338 g/mol. The number of benzene rings is 2.